The van der Waals surface area contributed by atoms with Gasteiger partial charge in [-0.25, -0.2) is 4.39 Å². The van der Waals surface area contributed by atoms with Crippen LogP contribution in [0.1, 0.15) is 30.2 Å². The van der Waals surface area contributed by atoms with E-state index in [1.54, 1.807) is 18.4 Å². The monoisotopic (exact) mass is 316 g/mol. The highest BCUT2D eigenvalue weighted by atomic mass is 19.1. The van der Waals surface area contributed by atoms with Gasteiger partial charge < -0.3 is 9.73 Å². The molecule has 1 saturated carbocycles. The summed E-state index contributed by atoms with van der Waals surface area (Å²) in [6.45, 7) is 0.474. The van der Waals surface area contributed by atoms with E-state index in [4.69, 9.17) is 4.42 Å². The van der Waals surface area contributed by atoms with Gasteiger partial charge in [-0.05, 0) is 56.8 Å². The van der Waals surface area contributed by atoms with Gasteiger partial charge in [-0.2, -0.15) is 0 Å². The van der Waals surface area contributed by atoms with Crippen LogP contribution in [-0.2, 0) is 10.2 Å². The first-order valence-electron chi connectivity index (χ1n) is 7.77. The molecule has 1 aromatic carbocycles. The van der Waals surface area contributed by atoms with Crippen LogP contribution in [0.4, 0.5) is 4.39 Å². The van der Waals surface area contributed by atoms with Crippen LogP contribution in [0.15, 0.2) is 47.1 Å². The Kier molecular flexibility index (Phi) is 4.22. The third-order valence-corrected chi connectivity index (χ3v) is 4.53. The van der Waals surface area contributed by atoms with Crippen molar-refractivity contribution < 1.29 is 13.6 Å². The third kappa shape index (κ3) is 3.15. The number of nitrogens with zero attached hydrogens (tertiary/aromatic N) is 1. The number of amides is 1. The number of carbonyl (C=O) groups is 1. The van der Waals surface area contributed by atoms with Crippen LogP contribution in [-0.4, -0.2) is 31.4 Å². The lowest BCUT2D eigenvalue weighted by Gasteiger charge is -2.24. The molecular weight excluding hydrogens is 295 g/mol. The molecule has 1 N–H and O–H groups in total. The van der Waals surface area contributed by atoms with E-state index >= 15 is 0 Å². The molecule has 0 radical (unpaired) electrons. The molecule has 1 aliphatic carbocycles. The van der Waals surface area contributed by atoms with Crippen molar-refractivity contribution >= 4 is 5.91 Å². The molecule has 0 spiro atoms. The maximum Gasteiger partial charge on any atom is 0.230 e. The van der Waals surface area contributed by atoms with Gasteiger partial charge in [-0.3, -0.25) is 9.69 Å². The maximum absolute atomic E-state index is 13.1. The molecule has 1 amide bonds. The first-order chi connectivity index (χ1) is 11.0. The van der Waals surface area contributed by atoms with E-state index in [0.717, 1.165) is 24.2 Å². The fourth-order valence-electron chi connectivity index (χ4n) is 2.92. The number of furan rings is 1. The molecule has 4 nitrogen and oxygen atoms in total. The van der Waals surface area contributed by atoms with Gasteiger partial charge >= 0.3 is 0 Å². The van der Waals surface area contributed by atoms with Crippen molar-refractivity contribution in [3.63, 3.8) is 0 Å². The van der Waals surface area contributed by atoms with Crippen molar-refractivity contribution in [2.45, 2.75) is 24.3 Å². The fraction of sp³-hybridized carbons (Fsp3) is 0.389. The SMILES string of the molecule is CN(C)C(CNC(=O)C1(c2ccc(F)cc2)CC1)c1ccco1. The van der Waals surface area contributed by atoms with E-state index in [9.17, 15) is 9.18 Å². The summed E-state index contributed by atoms with van der Waals surface area (Å²) in [6.07, 6.45) is 3.24. The Morgan fingerprint density at radius 1 is 1.30 bits per heavy atom. The molecule has 122 valence electrons. The Morgan fingerprint density at radius 3 is 2.52 bits per heavy atom. The number of carbonyl (C=O) groups excluding carboxylic acids is 1. The second-order valence-electron chi connectivity index (χ2n) is 6.29. The summed E-state index contributed by atoms with van der Waals surface area (Å²) >= 11 is 0. The van der Waals surface area contributed by atoms with Gasteiger partial charge in [0, 0.05) is 6.54 Å². The maximum atomic E-state index is 13.1. The molecular formula is C18H21FN2O2. The lowest BCUT2D eigenvalue weighted by atomic mass is 9.95. The Bertz CT molecular complexity index is 661. The lowest BCUT2D eigenvalue weighted by molar-refractivity contribution is -0.123. The molecule has 1 atom stereocenters. The van der Waals surface area contributed by atoms with Crippen molar-refractivity contribution in [3.8, 4) is 0 Å². The van der Waals surface area contributed by atoms with Gasteiger partial charge in [0.25, 0.3) is 0 Å². The molecule has 23 heavy (non-hydrogen) atoms. The van der Waals surface area contributed by atoms with Crippen LogP contribution in [0, 0.1) is 5.82 Å². The minimum Gasteiger partial charge on any atom is -0.468 e. The van der Waals surface area contributed by atoms with Crippen LogP contribution in [0.3, 0.4) is 0 Å². The first-order valence-corrected chi connectivity index (χ1v) is 7.77. The van der Waals surface area contributed by atoms with Crippen LogP contribution in [0.5, 0.6) is 0 Å². The second-order valence-corrected chi connectivity index (χ2v) is 6.29. The highest BCUT2D eigenvalue weighted by Gasteiger charge is 2.51. The van der Waals surface area contributed by atoms with Crippen LogP contribution in [0.25, 0.3) is 0 Å². The first kappa shape index (κ1) is 15.7. The molecule has 1 heterocycles. The smallest absolute Gasteiger partial charge is 0.230 e. The zero-order valence-corrected chi connectivity index (χ0v) is 13.4. The Morgan fingerprint density at radius 2 is 2.00 bits per heavy atom. The van der Waals surface area contributed by atoms with Crippen LogP contribution in [0.2, 0.25) is 0 Å². The van der Waals surface area contributed by atoms with Crippen molar-refractivity contribution in [2.24, 2.45) is 0 Å². The van der Waals surface area contributed by atoms with Crippen molar-refractivity contribution in [3.05, 3.63) is 59.8 Å². The highest BCUT2D eigenvalue weighted by Crippen LogP contribution is 2.48. The predicted molar refractivity (Wildman–Crippen MR) is 85.5 cm³/mol. The number of hydrogen-bond donors (Lipinski definition) is 1. The number of halogens is 1. The van der Waals surface area contributed by atoms with E-state index in [1.165, 1.54) is 12.1 Å². The number of rotatable bonds is 6. The summed E-state index contributed by atoms with van der Waals surface area (Å²) in [4.78, 5) is 14.7. The zero-order valence-electron chi connectivity index (χ0n) is 13.4. The van der Waals surface area contributed by atoms with Gasteiger partial charge in [-0.15, -0.1) is 0 Å². The van der Waals surface area contributed by atoms with E-state index in [1.807, 2.05) is 31.1 Å². The van der Waals surface area contributed by atoms with E-state index < -0.39 is 5.41 Å². The highest BCUT2D eigenvalue weighted by molar-refractivity contribution is 5.91. The second kappa shape index (κ2) is 6.16. The third-order valence-electron chi connectivity index (χ3n) is 4.53. The zero-order chi connectivity index (χ0) is 16.4. The van der Waals surface area contributed by atoms with Crippen molar-refractivity contribution in [2.75, 3.05) is 20.6 Å². The number of likely N-dealkylation sites (N-methyl/N-ethyl adjacent to an activating group) is 1. The van der Waals surface area contributed by atoms with Gasteiger partial charge in [0.2, 0.25) is 5.91 Å². The minimum absolute atomic E-state index is 0.00233. The average molecular weight is 316 g/mol. The molecule has 0 saturated heterocycles. The summed E-state index contributed by atoms with van der Waals surface area (Å²) in [5.74, 6) is 0.542. The molecule has 1 aliphatic rings. The van der Waals surface area contributed by atoms with Crippen molar-refractivity contribution in [1.82, 2.24) is 10.2 Å². The molecule has 3 rings (SSSR count). The van der Waals surface area contributed by atoms with Gasteiger partial charge in [0.15, 0.2) is 0 Å². The largest absolute Gasteiger partial charge is 0.468 e. The fourth-order valence-corrected chi connectivity index (χ4v) is 2.92. The van der Waals surface area contributed by atoms with E-state index in [-0.39, 0.29) is 17.8 Å². The molecule has 2 aromatic rings. The summed E-state index contributed by atoms with van der Waals surface area (Å²) in [6, 6.07) is 9.97. The van der Waals surface area contributed by atoms with E-state index in [2.05, 4.69) is 5.32 Å². The van der Waals surface area contributed by atoms with Crippen LogP contribution < -0.4 is 5.32 Å². The Hall–Kier alpha value is -2.14. The molecule has 1 unspecified atom stereocenters. The molecule has 1 aromatic heterocycles. The Balaban J connectivity index is 1.68. The number of hydrogen-bond acceptors (Lipinski definition) is 3. The molecule has 5 heteroatoms. The molecule has 0 bridgehead atoms. The number of benzene rings is 1. The predicted octanol–water partition coefficient (Wildman–Crippen LogP) is 2.87. The Labute approximate surface area is 135 Å². The average Bonchev–Trinajstić information content (AvgIpc) is 3.17. The van der Waals surface area contributed by atoms with Gasteiger partial charge in [0.1, 0.15) is 11.6 Å². The number of nitrogens with one attached hydrogen (secondary N) is 1. The van der Waals surface area contributed by atoms with Crippen molar-refractivity contribution in [1.29, 1.82) is 0 Å². The summed E-state index contributed by atoms with van der Waals surface area (Å²) < 4.78 is 18.5. The summed E-state index contributed by atoms with van der Waals surface area (Å²) in [5.41, 5.74) is 0.393. The lowest BCUT2D eigenvalue weighted by Crippen LogP contribution is -2.40. The minimum atomic E-state index is -0.492. The van der Waals surface area contributed by atoms with Crippen LogP contribution >= 0.6 is 0 Å². The normalized spacial score (nSPS) is 17.0. The molecule has 0 aliphatic heterocycles. The quantitative estimate of drug-likeness (QED) is 0.891. The van der Waals surface area contributed by atoms with Gasteiger partial charge in [0.05, 0.1) is 17.7 Å². The van der Waals surface area contributed by atoms with Gasteiger partial charge in [-0.1, -0.05) is 12.1 Å². The topological polar surface area (TPSA) is 45.5 Å². The summed E-state index contributed by atoms with van der Waals surface area (Å²) in [5, 5.41) is 3.03. The standard InChI is InChI=1S/C18H21FN2O2/c1-21(2)15(16-4-3-11-23-16)12-20-17(22)18(9-10-18)13-5-7-14(19)8-6-13/h3-8,11,15H,9-10,12H2,1-2H3,(H,20,22). The summed E-state index contributed by atoms with van der Waals surface area (Å²) in [7, 11) is 3.90. The van der Waals surface area contributed by atoms with E-state index in [0.29, 0.717) is 6.54 Å². The molecule has 1 fully saturated rings.